The van der Waals surface area contributed by atoms with Crippen LogP contribution < -0.4 is 5.32 Å². The summed E-state index contributed by atoms with van der Waals surface area (Å²) in [4.78, 5) is 29.8. The fourth-order valence-corrected chi connectivity index (χ4v) is 5.70. The monoisotopic (exact) mass is 438 g/mol. The molecule has 4 nitrogen and oxygen atoms in total. The summed E-state index contributed by atoms with van der Waals surface area (Å²) < 4.78 is 0. The number of thiophene rings is 2. The average molecular weight is 439 g/mol. The highest BCUT2D eigenvalue weighted by Crippen LogP contribution is 2.44. The van der Waals surface area contributed by atoms with Crippen molar-refractivity contribution in [1.82, 2.24) is 10.2 Å². The van der Waals surface area contributed by atoms with Crippen molar-refractivity contribution in [2.24, 2.45) is 5.92 Å². The maximum Gasteiger partial charge on any atom is 0.254 e. The van der Waals surface area contributed by atoms with Crippen LogP contribution in [0.3, 0.4) is 0 Å². The zero-order chi connectivity index (χ0) is 21.1. The third kappa shape index (κ3) is 4.20. The minimum absolute atomic E-state index is 0.0139. The fraction of sp³-hybridized carbons (Fsp3) is 0.333. The lowest BCUT2D eigenvalue weighted by molar-refractivity contribution is -0.124. The van der Waals surface area contributed by atoms with Gasteiger partial charge in [-0.1, -0.05) is 38.1 Å². The van der Waals surface area contributed by atoms with Gasteiger partial charge in [0.05, 0.1) is 12.0 Å². The number of carbonyl (C=O) groups is 2. The number of nitrogens with one attached hydrogen (secondary N) is 1. The first kappa shape index (κ1) is 20.8. The lowest BCUT2D eigenvalue weighted by atomic mass is 9.81. The van der Waals surface area contributed by atoms with E-state index in [1.807, 2.05) is 46.7 Å². The van der Waals surface area contributed by atoms with E-state index in [1.54, 1.807) is 22.7 Å². The summed E-state index contributed by atoms with van der Waals surface area (Å²) in [6.07, 6.45) is 0.807. The standard InChI is InChI=1S/C24H26N2O2S2/c1-16(2)14-26-22(20-8-5-12-30-20)21(18-6-3-4-7-19(18)24(26)28)23(27)25-11-9-17-10-13-29-15-17/h3-8,10,12-13,15-16,21-22H,9,11,14H2,1-2H3,(H,25,27)/t21-,22+/m1/s1. The Hall–Kier alpha value is -2.44. The molecule has 156 valence electrons. The van der Waals surface area contributed by atoms with Gasteiger partial charge in [0.2, 0.25) is 5.91 Å². The van der Waals surface area contributed by atoms with E-state index in [0.717, 1.165) is 16.9 Å². The normalized spacial score (nSPS) is 18.5. The second-order valence-corrected chi connectivity index (χ2v) is 9.81. The Morgan fingerprint density at radius 1 is 1.13 bits per heavy atom. The molecule has 0 unspecified atom stereocenters. The van der Waals surface area contributed by atoms with E-state index in [-0.39, 0.29) is 17.9 Å². The molecule has 3 heterocycles. The Labute approximate surface area is 185 Å². The number of amides is 2. The average Bonchev–Trinajstić information content (AvgIpc) is 3.43. The molecule has 0 saturated heterocycles. The highest BCUT2D eigenvalue weighted by molar-refractivity contribution is 7.10. The van der Waals surface area contributed by atoms with Gasteiger partial charge >= 0.3 is 0 Å². The SMILES string of the molecule is CC(C)CN1C(=O)c2ccccc2[C@@H](C(=O)NCCc2ccsc2)[C@@H]1c1cccs1. The number of hydrogen-bond acceptors (Lipinski definition) is 4. The van der Waals surface area contributed by atoms with Crippen molar-refractivity contribution in [3.05, 3.63) is 80.2 Å². The number of carbonyl (C=O) groups excluding carboxylic acids is 2. The zero-order valence-electron chi connectivity index (χ0n) is 17.2. The van der Waals surface area contributed by atoms with Gasteiger partial charge in [0.25, 0.3) is 5.91 Å². The van der Waals surface area contributed by atoms with Gasteiger partial charge in [-0.2, -0.15) is 11.3 Å². The van der Waals surface area contributed by atoms with Crippen LogP contribution in [0.1, 0.15) is 52.2 Å². The summed E-state index contributed by atoms with van der Waals surface area (Å²) >= 11 is 3.27. The molecule has 1 N–H and O–H groups in total. The second-order valence-electron chi connectivity index (χ2n) is 8.05. The first-order valence-electron chi connectivity index (χ1n) is 10.3. The van der Waals surface area contributed by atoms with Crippen LogP contribution in [-0.4, -0.2) is 29.8 Å². The summed E-state index contributed by atoms with van der Waals surface area (Å²) in [5.74, 6) is -0.111. The van der Waals surface area contributed by atoms with Gasteiger partial charge in [0.15, 0.2) is 0 Å². The van der Waals surface area contributed by atoms with E-state index in [1.165, 1.54) is 5.56 Å². The van der Waals surface area contributed by atoms with Gasteiger partial charge in [-0.25, -0.2) is 0 Å². The summed E-state index contributed by atoms with van der Waals surface area (Å²) in [5.41, 5.74) is 2.70. The van der Waals surface area contributed by atoms with Gasteiger partial charge < -0.3 is 10.2 Å². The van der Waals surface area contributed by atoms with Crippen molar-refractivity contribution in [2.75, 3.05) is 13.1 Å². The van der Waals surface area contributed by atoms with Gasteiger partial charge in [0, 0.05) is 23.5 Å². The molecule has 30 heavy (non-hydrogen) atoms. The first-order valence-corrected chi connectivity index (χ1v) is 12.1. The van der Waals surface area contributed by atoms with Gasteiger partial charge in [-0.05, 0) is 57.8 Å². The Morgan fingerprint density at radius 3 is 2.67 bits per heavy atom. The highest BCUT2D eigenvalue weighted by atomic mass is 32.1. The van der Waals surface area contributed by atoms with Crippen LogP contribution in [0.15, 0.2) is 58.6 Å². The molecule has 3 aromatic rings. The molecule has 0 spiro atoms. The summed E-state index contributed by atoms with van der Waals surface area (Å²) in [6.45, 7) is 5.42. The molecular weight excluding hydrogens is 412 g/mol. The smallest absolute Gasteiger partial charge is 0.254 e. The van der Waals surface area contributed by atoms with E-state index in [2.05, 4.69) is 36.0 Å². The molecular formula is C24H26N2O2S2. The van der Waals surface area contributed by atoms with E-state index in [4.69, 9.17) is 0 Å². The molecule has 1 aliphatic heterocycles. The number of fused-ring (bicyclic) bond motifs is 1. The zero-order valence-corrected chi connectivity index (χ0v) is 18.8. The van der Waals surface area contributed by atoms with Crippen molar-refractivity contribution >= 4 is 34.5 Å². The van der Waals surface area contributed by atoms with Crippen LogP contribution in [0.25, 0.3) is 0 Å². The molecule has 0 bridgehead atoms. The number of nitrogens with zero attached hydrogens (tertiary/aromatic N) is 1. The van der Waals surface area contributed by atoms with Crippen LogP contribution in [0.2, 0.25) is 0 Å². The van der Waals surface area contributed by atoms with Crippen LogP contribution in [-0.2, 0) is 11.2 Å². The number of benzene rings is 1. The molecule has 4 rings (SSSR count). The largest absolute Gasteiger partial charge is 0.355 e. The molecule has 0 saturated carbocycles. The quantitative estimate of drug-likeness (QED) is 0.558. The Morgan fingerprint density at radius 2 is 1.97 bits per heavy atom. The number of hydrogen-bond donors (Lipinski definition) is 1. The van der Waals surface area contributed by atoms with E-state index in [0.29, 0.717) is 24.6 Å². The molecule has 1 aromatic carbocycles. The van der Waals surface area contributed by atoms with Crippen molar-refractivity contribution in [3.63, 3.8) is 0 Å². The minimum atomic E-state index is -0.418. The molecule has 6 heteroatoms. The van der Waals surface area contributed by atoms with Crippen LogP contribution in [0.5, 0.6) is 0 Å². The minimum Gasteiger partial charge on any atom is -0.355 e. The molecule has 0 aliphatic carbocycles. The van der Waals surface area contributed by atoms with Crippen molar-refractivity contribution in [2.45, 2.75) is 32.2 Å². The topological polar surface area (TPSA) is 49.4 Å². The van der Waals surface area contributed by atoms with Crippen molar-refractivity contribution in [3.8, 4) is 0 Å². The fourth-order valence-electron chi connectivity index (χ4n) is 4.12. The van der Waals surface area contributed by atoms with Gasteiger partial charge in [-0.3, -0.25) is 9.59 Å². The van der Waals surface area contributed by atoms with Gasteiger partial charge in [0.1, 0.15) is 0 Å². The Balaban J connectivity index is 1.69. The summed E-state index contributed by atoms with van der Waals surface area (Å²) in [6, 6.07) is 13.4. The predicted molar refractivity (Wildman–Crippen MR) is 123 cm³/mol. The lowest BCUT2D eigenvalue weighted by Gasteiger charge is -2.42. The van der Waals surface area contributed by atoms with Gasteiger partial charge in [-0.15, -0.1) is 11.3 Å². The van der Waals surface area contributed by atoms with Crippen molar-refractivity contribution in [1.29, 1.82) is 0 Å². The highest BCUT2D eigenvalue weighted by Gasteiger charge is 2.44. The molecule has 2 atom stereocenters. The van der Waals surface area contributed by atoms with E-state index in [9.17, 15) is 9.59 Å². The van der Waals surface area contributed by atoms with Crippen LogP contribution >= 0.6 is 22.7 Å². The summed E-state index contributed by atoms with van der Waals surface area (Å²) in [5, 5.41) is 9.32. The van der Waals surface area contributed by atoms with E-state index < -0.39 is 5.92 Å². The van der Waals surface area contributed by atoms with Crippen LogP contribution in [0.4, 0.5) is 0 Å². The molecule has 0 fully saturated rings. The predicted octanol–water partition coefficient (Wildman–Crippen LogP) is 5.11. The molecule has 0 radical (unpaired) electrons. The molecule has 1 aliphatic rings. The summed E-state index contributed by atoms with van der Waals surface area (Å²) in [7, 11) is 0. The second kappa shape index (κ2) is 9.14. The van der Waals surface area contributed by atoms with E-state index >= 15 is 0 Å². The van der Waals surface area contributed by atoms with Crippen LogP contribution in [0, 0.1) is 5.92 Å². The maximum atomic E-state index is 13.5. The Kier molecular flexibility index (Phi) is 6.35. The third-order valence-corrected chi connectivity index (χ3v) is 7.09. The van der Waals surface area contributed by atoms with Crippen molar-refractivity contribution < 1.29 is 9.59 Å². The Bertz CT molecular complexity index is 996. The molecule has 2 aromatic heterocycles. The first-order chi connectivity index (χ1) is 14.6. The molecule has 2 amide bonds. The third-order valence-electron chi connectivity index (χ3n) is 5.41. The maximum absolute atomic E-state index is 13.5. The lowest BCUT2D eigenvalue weighted by Crippen LogP contribution is -2.48. The number of rotatable bonds is 7.